The number of hydrogen-bond donors (Lipinski definition) is 1. The van der Waals surface area contributed by atoms with Gasteiger partial charge in [0.05, 0.1) is 11.5 Å². The van der Waals surface area contributed by atoms with Gasteiger partial charge in [-0.25, -0.2) is 8.42 Å². The Labute approximate surface area is 99.9 Å². The van der Waals surface area contributed by atoms with Crippen molar-refractivity contribution in [2.45, 2.75) is 39.5 Å². The monoisotopic (exact) mass is 247 g/mol. The first-order valence-electron chi connectivity index (χ1n) is 6.44. The SMILES string of the molecule is CCCC(C)CNCC1CCS(=O)(=O)CC1. The third-order valence-corrected chi connectivity index (χ3v) is 5.10. The molecule has 1 heterocycles. The first-order chi connectivity index (χ1) is 7.53. The predicted molar refractivity (Wildman–Crippen MR) is 68.3 cm³/mol. The largest absolute Gasteiger partial charge is 0.316 e. The van der Waals surface area contributed by atoms with Gasteiger partial charge < -0.3 is 5.32 Å². The number of rotatable bonds is 6. The molecule has 96 valence electrons. The van der Waals surface area contributed by atoms with E-state index in [1.807, 2.05) is 0 Å². The molecule has 0 aromatic rings. The molecule has 1 aliphatic heterocycles. The molecule has 0 aromatic carbocycles. The minimum Gasteiger partial charge on any atom is -0.316 e. The highest BCUT2D eigenvalue weighted by molar-refractivity contribution is 7.91. The number of hydrogen-bond acceptors (Lipinski definition) is 3. The molecule has 4 heteroatoms. The highest BCUT2D eigenvalue weighted by Gasteiger charge is 2.23. The minimum absolute atomic E-state index is 0.393. The van der Waals surface area contributed by atoms with Gasteiger partial charge in [-0.15, -0.1) is 0 Å². The lowest BCUT2D eigenvalue weighted by atomic mass is 10.0. The fourth-order valence-electron chi connectivity index (χ4n) is 2.27. The average molecular weight is 247 g/mol. The van der Waals surface area contributed by atoms with E-state index in [0.29, 0.717) is 17.4 Å². The Kier molecular flexibility index (Phi) is 5.76. The van der Waals surface area contributed by atoms with Crippen molar-refractivity contribution in [3.63, 3.8) is 0 Å². The van der Waals surface area contributed by atoms with Crippen molar-refractivity contribution in [2.75, 3.05) is 24.6 Å². The molecule has 0 bridgehead atoms. The van der Waals surface area contributed by atoms with E-state index in [2.05, 4.69) is 19.2 Å². The van der Waals surface area contributed by atoms with E-state index in [9.17, 15) is 8.42 Å². The topological polar surface area (TPSA) is 46.2 Å². The first-order valence-corrected chi connectivity index (χ1v) is 8.26. The highest BCUT2D eigenvalue weighted by atomic mass is 32.2. The van der Waals surface area contributed by atoms with Crippen LogP contribution in [0.1, 0.15) is 39.5 Å². The predicted octanol–water partition coefficient (Wildman–Crippen LogP) is 1.84. The summed E-state index contributed by atoms with van der Waals surface area (Å²) in [6.07, 6.45) is 4.20. The quantitative estimate of drug-likeness (QED) is 0.779. The van der Waals surface area contributed by atoms with Gasteiger partial charge >= 0.3 is 0 Å². The first kappa shape index (κ1) is 14.0. The standard InChI is InChI=1S/C12H25NO2S/c1-3-4-11(2)9-13-10-12-5-7-16(14,15)8-6-12/h11-13H,3-10H2,1-2H3. The summed E-state index contributed by atoms with van der Waals surface area (Å²) in [5.41, 5.74) is 0. The second kappa shape index (κ2) is 6.60. The Hall–Kier alpha value is -0.0900. The second-order valence-corrected chi connectivity index (χ2v) is 7.45. The van der Waals surface area contributed by atoms with Crippen molar-refractivity contribution in [1.82, 2.24) is 5.32 Å². The van der Waals surface area contributed by atoms with Crippen LogP contribution < -0.4 is 5.32 Å². The molecule has 0 amide bonds. The molecule has 1 saturated heterocycles. The van der Waals surface area contributed by atoms with E-state index in [-0.39, 0.29) is 0 Å². The molecule has 1 rings (SSSR count). The summed E-state index contributed by atoms with van der Waals surface area (Å²) in [5, 5.41) is 3.47. The van der Waals surface area contributed by atoms with E-state index in [1.54, 1.807) is 0 Å². The molecular weight excluding hydrogens is 222 g/mol. The number of nitrogens with one attached hydrogen (secondary N) is 1. The normalized spacial score (nSPS) is 23.1. The molecule has 0 saturated carbocycles. The lowest BCUT2D eigenvalue weighted by Crippen LogP contribution is -2.32. The molecule has 0 radical (unpaired) electrons. The molecule has 1 N–H and O–H groups in total. The molecule has 3 nitrogen and oxygen atoms in total. The van der Waals surface area contributed by atoms with Crippen molar-refractivity contribution < 1.29 is 8.42 Å². The van der Waals surface area contributed by atoms with Crippen LogP contribution in [0.25, 0.3) is 0 Å². The summed E-state index contributed by atoms with van der Waals surface area (Å²) < 4.78 is 22.5. The fourth-order valence-corrected chi connectivity index (χ4v) is 3.86. The molecule has 0 aromatic heterocycles. The fraction of sp³-hybridized carbons (Fsp3) is 1.00. The highest BCUT2D eigenvalue weighted by Crippen LogP contribution is 2.18. The summed E-state index contributed by atoms with van der Waals surface area (Å²) >= 11 is 0. The summed E-state index contributed by atoms with van der Waals surface area (Å²) in [6, 6.07) is 0. The molecule has 1 unspecified atom stereocenters. The van der Waals surface area contributed by atoms with Crippen LogP contribution in [-0.2, 0) is 9.84 Å². The van der Waals surface area contributed by atoms with Crippen molar-refractivity contribution in [3.8, 4) is 0 Å². The van der Waals surface area contributed by atoms with E-state index in [1.165, 1.54) is 12.8 Å². The van der Waals surface area contributed by atoms with E-state index in [4.69, 9.17) is 0 Å². The Bertz CT molecular complexity index is 273. The lowest BCUT2D eigenvalue weighted by molar-refractivity contribution is 0.400. The van der Waals surface area contributed by atoms with Crippen molar-refractivity contribution >= 4 is 9.84 Å². The molecule has 1 atom stereocenters. The average Bonchev–Trinajstić information content (AvgIpc) is 2.21. The van der Waals surface area contributed by atoms with E-state index < -0.39 is 9.84 Å². The van der Waals surface area contributed by atoms with Crippen LogP contribution in [0.5, 0.6) is 0 Å². The Morgan fingerprint density at radius 2 is 1.94 bits per heavy atom. The smallest absolute Gasteiger partial charge is 0.150 e. The molecule has 0 spiro atoms. The van der Waals surface area contributed by atoms with Gasteiger partial charge in [-0.1, -0.05) is 20.3 Å². The van der Waals surface area contributed by atoms with Gasteiger partial charge in [-0.05, 0) is 44.2 Å². The van der Waals surface area contributed by atoms with Crippen LogP contribution in [0.3, 0.4) is 0 Å². The molecule has 0 aliphatic carbocycles. The zero-order valence-corrected chi connectivity index (χ0v) is 11.4. The van der Waals surface area contributed by atoms with Gasteiger partial charge in [-0.3, -0.25) is 0 Å². The van der Waals surface area contributed by atoms with Gasteiger partial charge in [-0.2, -0.15) is 0 Å². The summed E-state index contributed by atoms with van der Waals surface area (Å²) in [6.45, 7) is 6.53. The van der Waals surface area contributed by atoms with Crippen LogP contribution >= 0.6 is 0 Å². The summed E-state index contributed by atoms with van der Waals surface area (Å²) in [7, 11) is -2.69. The van der Waals surface area contributed by atoms with Crippen molar-refractivity contribution in [2.24, 2.45) is 11.8 Å². The van der Waals surface area contributed by atoms with Crippen LogP contribution in [0.15, 0.2) is 0 Å². The summed E-state index contributed by atoms with van der Waals surface area (Å²) in [5.74, 6) is 2.09. The van der Waals surface area contributed by atoms with Crippen LogP contribution in [-0.4, -0.2) is 33.0 Å². The molecule has 16 heavy (non-hydrogen) atoms. The molecule has 1 aliphatic rings. The van der Waals surface area contributed by atoms with Gasteiger partial charge in [0.2, 0.25) is 0 Å². The zero-order valence-electron chi connectivity index (χ0n) is 10.5. The second-order valence-electron chi connectivity index (χ2n) is 5.15. The van der Waals surface area contributed by atoms with Crippen molar-refractivity contribution in [1.29, 1.82) is 0 Å². The Balaban J connectivity index is 2.11. The third-order valence-electron chi connectivity index (χ3n) is 3.38. The maximum Gasteiger partial charge on any atom is 0.150 e. The van der Waals surface area contributed by atoms with E-state index in [0.717, 1.165) is 31.8 Å². The molecule has 1 fully saturated rings. The van der Waals surface area contributed by atoms with Gasteiger partial charge in [0.1, 0.15) is 9.84 Å². The lowest BCUT2D eigenvalue weighted by Gasteiger charge is -2.23. The van der Waals surface area contributed by atoms with Gasteiger partial charge in [0.25, 0.3) is 0 Å². The van der Waals surface area contributed by atoms with Crippen LogP contribution in [0, 0.1) is 11.8 Å². The van der Waals surface area contributed by atoms with Crippen LogP contribution in [0.4, 0.5) is 0 Å². The summed E-state index contributed by atoms with van der Waals surface area (Å²) in [4.78, 5) is 0. The van der Waals surface area contributed by atoms with Crippen LogP contribution in [0.2, 0.25) is 0 Å². The Morgan fingerprint density at radius 1 is 1.31 bits per heavy atom. The third kappa shape index (κ3) is 5.30. The maximum atomic E-state index is 11.2. The zero-order chi connectivity index (χ0) is 12.0. The Morgan fingerprint density at radius 3 is 2.50 bits per heavy atom. The van der Waals surface area contributed by atoms with Gasteiger partial charge in [0.15, 0.2) is 0 Å². The van der Waals surface area contributed by atoms with Gasteiger partial charge in [0, 0.05) is 0 Å². The van der Waals surface area contributed by atoms with Crippen molar-refractivity contribution in [3.05, 3.63) is 0 Å². The maximum absolute atomic E-state index is 11.2. The minimum atomic E-state index is -2.69. The number of sulfone groups is 1. The van der Waals surface area contributed by atoms with E-state index >= 15 is 0 Å². The molecular formula is C12H25NO2S.